The Labute approximate surface area is 430 Å². The molecule has 8 rings (SSSR count). The van der Waals surface area contributed by atoms with Crippen LogP contribution >= 0.6 is 11.6 Å². The number of hydrogen-bond donors (Lipinski definition) is 2. The number of nitrogens with zero attached hydrogens (tertiary/aromatic N) is 4. The van der Waals surface area contributed by atoms with Crippen molar-refractivity contribution in [2.45, 2.75) is 76.4 Å². The summed E-state index contributed by atoms with van der Waals surface area (Å²) >= 11 is 6.00. The fourth-order valence-corrected chi connectivity index (χ4v) is 7.79. The number of pyridine rings is 2. The van der Waals surface area contributed by atoms with Crippen molar-refractivity contribution < 1.29 is 103 Å². The van der Waals surface area contributed by atoms with Crippen molar-refractivity contribution >= 4 is 42.9 Å². The first-order valence-electron chi connectivity index (χ1n) is 21.0. The average molecular weight is 951 g/mol. The zero-order valence-electron chi connectivity index (χ0n) is 37.5. The van der Waals surface area contributed by atoms with Gasteiger partial charge in [-0.3, -0.25) is 22.5 Å². The van der Waals surface area contributed by atoms with Crippen LogP contribution in [0.2, 0.25) is 5.15 Å². The summed E-state index contributed by atoms with van der Waals surface area (Å²) in [6.45, 7) is 5.23. The Hall–Kier alpha value is -4.56. The van der Waals surface area contributed by atoms with Gasteiger partial charge in [0.05, 0.1) is 18.9 Å². The zero-order valence-corrected chi connectivity index (χ0v) is 41.4. The largest absolute Gasteiger partial charge is 1.00 e. The van der Waals surface area contributed by atoms with Crippen LogP contribution < -0.4 is 51.4 Å². The fourth-order valence-electron chi connectivity index (χ4n) is 7.48. The topological polar surface area (TPSA) is 159 Å². The van der Waals surface area contributed by atoms with Gasteiger partial charge in [-0.1, -0.05) is 47.1 Å². The second-order valence-electron chi connectivity index (χ2n) is 15.4. The fraction of sp³-hybridized carbons (Fsp3) is 0.375. The van der Waals surface area contributed by atoms with Gasteiger partial charge in [0.15, 0.2) is 0 Å². The summed E-state index contributed by atoms with van der Waals surface area (Å²) in [6, 6.07) is 21.2. The monoisotopic (exact) mass is 950 g/mol. The number of benzene rings is 2. The van der Waals surface area contributed by atoms with Crippen LogP contribution in [0.4, 0.5) is 12.9 Å². The van der Waals surface area contributed by atoms with Crippen molar-refractivity contribution in [1.82, 2.24) is 19.8 Å². The minimum Gasteiger partial charge on any atom is -0.461 e. The van der Waals surface area contributed by atoms with E-state index < -0.39 is 30.7 Å². The molecular weight excluding hydrogens is 903 g/mol. The summed E-state index contributed by atoms with van der Waals surface area (Å²) < 4.78 is 39.0. The third kappa shape index (κ3) is 14.2. The van der Waals surface area contributed by atoms with Crippen LogP contribution in [0.25, 0.3) is 11.3 Å². The summed E-state index contributed by atoms with van der Waals surface area (Å²) in [5, 5.41) is 21.0. The first kappa shape index (κ1) is 54.1. The van der Waals surface area contributed by atoms with Gasteiger partial charge >= 0.3 is 70.9 Å². The van der Waals surface area contributed by atoms with Crippen LogP contribution in [-0.4, -0.2) is 113 Å². The normalized spacial score (nSPS) is 18.5. The maximum absolute atomic E-state index is 12.3. The number of aliphatic hydroxyl groups is 2. The van der Waals surface area contributed by atoms with Gasteiger partial charge in [-0.2, -0.15) is 30.3 Å². The number of aromatic nitrogens is 2. The van der Waals surface area contributed by atoms with Gasteiger partial charge < -0.3 is 29.5 Å². The minimum absolute atomic E-state index is 0. The van der Waals surface area contributed by atoms with Crippen LogP contribution in [0.1, 0.15) is 93.9 Å². The number of halogens is 4. The van der Waals surface area contributed by atoms with Crippen molar-refractivity contribution in [2.75, 3.05) is 40.4 Å². The number of esters is 2. The number of amides is 2. The Morgan fingerprint density at radius 2 is 1.29 bits per heavy atom. The summed E-state index contributed by atoms with van der Waals surface area (Å²) in [7, 11) is -0.344. The molecule has 340 valence electrons. The molecule has 4 heterocycles. The number of aryl methyl sites for hydroxylation is 2. The molecule has 4 aromatic rings. The number of rotatable bonds is 5. The predicted molar refractivity (Wildman–Crippen MR) is 237 cm³/mol. The van der Waals surface area contributed by atoms with Crippen molar-refractivity contribution in [1.29, 1.82) is 0 Å². The van der Waals surface area contributed by atoms with Gasteiger partial charge in [-0.05, 0) is 98.9 Å². The van der Waals surface area contributed by atoms with Crippen LogP contribution in [0.15, 0.2) is 60.7 Å². The van der Waals surface area contributed by atoms with Gasteiger partial charge in [0.25, 0.3) is 11.8 Å². The van der Waals surface area contributed by atoms with E-state index in [1.807, 2.05) is 42.5 Å². The molecule has 2 aromatic carbocycles. The Morgan fingerprint density at radius 3 is 1.79 bits per heavy atom. The van der Waals surface area contributed by atoms with Gasteiger partial charge in [0.1, 0.15) is 16.5 Å². The minimum atomic E-state index is -3.67. The van der Waals surface area contributed by atoms with Gasteiger partial charge in [0, 0.05) is 51.2 Å². The van der Waals surface area contributed by atoms with Crippen LogP contribution in [0.5, 0.6) is 0 Å². The Morgan fingerprint density at radius 1 is 0.788 bits per heavy atom. The predicted octanol–water partition coefficient (Wildman–Crippen LogP) is 3.07. The molecular formula is C48H48BClF3KN4O8. The number of carbonyl (C=O) groups is 4. The molecule has 12 nitrogen and oxygen atoms in total. The van der Waals surface area contributed by atoms with Gasteiger partial charge in [0.2, 0.25) is 11.2 Å². The zero-order chi connectivity index (χ0) is 47.3. The average Bonchev–Trinajstić information content (AvgIpc) is 4.09. The van der Waals surface area contributed by atoms with Crippen molar-refractivity contribution in [2.24, 2.45) is 0 Å². The molecule has 0 unspecified atom stereocenters. The van der Waals surface area contributed by atoms with E-state index in [1.54, 1.807) is 46.1 Å². The first-order chi connectivity index (χ1) is 31.0. The maximum Gasteiger partial charge on any atom is 1.00 e. The quantitative estimate of drug-likeness (QED) is 0.100. The summed E-state index contributed by atoms with van der Waals surface area (Å²) in [4.78, 5) is 59.1. The molecule has 0 saturated carbocycles. The van der Waals surface area contributed by atoms with Crippen LogP contribution in [0, 0.1) is 29.7 Å². The molecule has 2 fully saturated rings. The summed E-state index contributed by atoms with van der Waals surface area (Å²) in [5.41, 5.74) is 5.06. The van der Waals surface area contributed by atoms with Crippen LogP contribution in [0.3, 0.4) is 0 Å². The molecule has 4 aliphatic rings. The van der Waals surface area contributed by atoms with E-state index in [9.17, 15) is 42.3 Å². The van der Waals surface area contributed by atoms with Crippen molar-refractivity contribution in [3.63, 3.8) is 0 Å². The second-order valence-corrected chi connectivity index (χ2v) is 15.7. The van der Waals surface area contributed by atoms with E-state index in [2.05, 4.69) is 39.7 Å². The molecule has 18 heteroatoms. The number of ether oxygens (including phenoxy) is 2. The second kappa shape index (κ2) is 25.0. The standard InChI is InChI=1S/C24H24N2O4.C13H12NO2.C11H12ClNO2.BF3.K/c1-3-30-22(27)20-15-17-7-5-9-19(17)21(25-20)18-8-4-6-16(14-18)10-11-24(29)12-13-26(2)23(24)28;1-14-10-9-13(16,12(14)15)8-7-11-5-3-2-4-6-11;1-2-15-11(14)9-6-7-4-3-5-8(7)10(12)13-9;2-1(3)4;/h4,6,8,14-15,29H,3,5,7,9,12-13H2,1-2H3;2-3,5-6,16H,9-10H2,1H3;6H,2-5H2,1H3;;/q;-1;;;+1/t24-;13-;;;/m00.../s1. The molecule has 2 atom stereocenters. The summed E-state index contributed by atoms with van der Waals surface area (Å²) in [6.07, 6.45) is 6.55. The first-order valence-corrected chi connectivity index (χ1v) is 21.4. The number of likely N-dealkylation sites (N-methyl/N-ethyl adjacent to an activating group) is 2. The number of hydrogen-bond acceptors (Lipinski definition) is 10. The Bertz CT molecular complexity index is 2530. The van der Waals surface area contributed by atoms with E-state index in [0.717, 1.165) is 77.6 Å². The van der Waals surface area contributed by atoms with Gasteiger partial charge in [-0.25, -0.2) is 19.6 Å². The van der Waals surface area contributed by atoms with Crippen molar-refractivity contribution in [3.8, 4) is 34.9 Å². The smallest absolute Gasteiger partial charge is 0.461 e. The maximum atomic E-state index is 12.3. The van der Waals surface area contributed by atoms with E-state index >= 15 is 0 Å². The SMILES string of the molecule is CCOC(=O)c1cc2c(c(-c3cccc(C#C[C@]4(O)CCN(C)C4=O)c3)n1)CCC2.CCOC(=O)c1cc2c(c(Cl)n1)CCC2.CN1CC[C@@](O)(C#Cc2c[c-]ccc2)C1=O.FB(F)F.[K+]. The summed E-state index contributed by atoms with van der Waals surface area (Å²) in [5.74, 6) is 9.64. The molecule has 2 aliphatic heterocycles. The van der Waals surface area contributed by atoms with E-state index in [1.165, 1.54) is 9.80 Å². The number of carbonyl (C=O) groups excluding carboxylic acids is 4. The molecule has 0 radical (unpaired) electrons. The van der Waals surface area contributed by atoms with Crippen molar-refractivity contribution in [3.05, 3.63) is 117 Å². The molecule has 2 N–H and O–H groups in total. The third-order valence-corrected chi connectivity index (χ3v) is 11.1. The van der Waals surface area contributed by atoms with E-state index in [4.69, 9.17) is 21.1 Å². The molecule has 0 bridgehead atoms. The molecule has 2 amide bonds. The third-order valence-electron chi connectivity index (χ3n) is 10.8. The Balaban J connectivity index is 0.000000223. The van der Waals surface area contributed by atoms with E-state index in [0.29, 0.717) is 61.2 Å². The molecule has 2 saturated heterocycles. The van der Waals surface area contributed by atoms with E-state index in [-0.39, 0.29) is 63.2 Å². The van der Waals surface area contributed by atoms with Gasteiger partial charge in [-0.15, -0.1) is 5.92 Å². The molecule has 0 spiro atoms. The van der Waals surface area contributed by atoms with Crippen LogP contribution in [-0.2, 0) is 44.7 Å². The molecule has 66 heavy (non-hydrogen) atoms. The number of likely N-dealkylation sites (tertiary alicyclic amines) is 2. The molecule has 2 aliphatic carbocycles. The number of fused-ring (bicyclic) bond motifs is 2. The molecule has 2 aromatic heterocycles. The Kier molecular flexibility index (Phi) is 20.5.